The van der Waals surface area contributed by atoms with Gasteiger partial charge in [0.25, 0.3) is 11.8 Å². The first-order valence-electron chi connectivity index (χ1n) is 10.9. The summed E-state index contributed by atoms with van der Waals surface area (Å²) < 4.78 is 36.8. The molecule has 0 bridgehead atoms. The van der Waals surface area contributed by atoms with Gasteiger partial charge in [0.05, 0.1) is 24.3 Å². The number of nitrogens with one attached hydrogen (secondary N) is 2. The van der Waals surface area contributed by atoms with Crippen molar-refractivity contribution in [3.63, 3.8) is 0 Å². The minimum absolute atomic E-state index is 0.0765. The molecular formula is C23H27BrN4O6S. The molecule has 1 unspecified atom stereocenters. The molecule has 3 rings (SSSR count). The minimum Gasteiger partial charge on any atom is -0.484 e. The first-order valence-corrected chi connectivity index (χ1v) is 13.5. The molecule has 188 valence electrons. The van der Waals surface area contributed by atoms with Crippen LogP contribution in [0.4, 0.5) is 5.69 Å². The first kappa shape index (κ1) is 26.6. The third-order valence-corrected chi connectivity index (χ3v) is 6.81. The number of sulfonamides is 1. The van der Waals surface area contributed by atoms with Crippen LogP contribution >= 0.6 is 15.9 Å². The molecule has 0 aromatic heterocycles. The number of benzene rings is 2. The normalized spacial score (nSPS) is 15.7. The quantitative estimate of drug-likeness (QED) is 0.316. The van der Waals surface area contributed by atoms with E-state index in [-0.39, 0.29) is 18.6 Å². The zero-order chi connectivity index (χ0) is 25.3. The van der Waals surface area contributed by atoms with Crippen LogP contribution in [-0.4, -0.2) is 65.1 Å². The fourth-order valence-corrected chi connectivity index (χ4v) is 4.75. The molecule has 1 fully saturated rings. The van der Waals surface area contributed by atoms with Crippen LogP contribution in [0.15, 0.2) is 58.1 Å². The van der Waals surface area contributed by atoms with Gasteiger partial charge >= 0.3 is 0 Å². The number of amides is 2. The number of ether oxygens (including phenoxy) is 2. The summed E-state index contributed by atoms with van der Waals surface area (Å²) >= 11 is 3.30. The summed E-state index contributed by atoms with van der Waals surface area (Å²) in [7, 11) is -3.70. The average molecular weight is 567 g/mol. The molecule has 2 aromatic carbocycles. The molecule has 12 heteroatoms. The van der Waals surface area contributed by atoms with Gasteiger partial charge < -0.3 is 14.8 Å². The fraction of sp³-hybridized carbons (Fsp3) is 0.348. The average Bonchev–Trinajstić information content (AvgIpc) is 3.34. The number of nitrogens with zero attached hydrogens (tertiary/aromatic N) is 2. The van der Waals surface area contributed by atoms with Gasteiger partial charge in [0, 0.05) is 17.6 Å². The topological polar surface area (TPSA) is 126 Å². The number of hydrogen-bond donors (Lipinski definition) is 2. The smallest absolute Gasteiger partial charge is 0.260 e. The van der Waals surface area contributed by atoms with Gasteiger partial charge in [-0.05, 0) is 70.7 Å². The van der Waals surface area contributed by atoms with Crippen molar-refractivity contribution in [1.29, 1.82) is 0 Å². The van der Waals surface area contributed by atoms with Gasteiger partial charge in [0.1, 0.15) is 12.3 Å². The van der Waals surface area contributed by atoms with Gasteiger partial charge in [-0.3, -0.25) is 13.9 Å². The van der Waals surface area contributed by atoms with Crippen molar-refractivity contribution in [3.05, 3.63) is 58.6 Å². The summed E-state index contributed by atoms with van der Waals surface area (Å²) in [5.74, 6) is -0.313. The SMILES string of the molecule is CS(=O)(=O)N(CC(=O)NN=Cc1ccc(OCC(=O)NCC2CCCO2)cc1)c1ccccc1Br. The minimum atomic E-state index is -3.70. The zero-order valence-electron chi connectivity index (χ0n) is 19.1. The van der Waals surface area contributed by atoms with E-state index in [1.165, 1.54) is 6.21 Å². The molecule has 35 heavy (non-hydrogen) atoms. The van der Waals surface area contributed by atoms with Crippen molar-refractivity contribution in [2.24, 2.45) is 5.10 Å². The van der Waals surface area contributed by atoms with Crippen LogP contribution in [0.5, 0.6) is 5.75 Å². The van der Waals surface area contributed by atoms with Crippen molar-refractivity contribution in [2.45, 2.75) is 18.9 Å². The zero-order valence-corrected chi connectivity index (χ0v) is 21.5. The van der Waals surface area contributed by atoms with Crippen LogP contribution in [0.2, 0.25) is 0 Å². The van der Waals surface area contributed by atoms with E-state index in [1.807, 2.05) is 0 Å². The van der Waals surface area contributed by atoms with Crippen LogP contribution in [0.3, 0.4) is 0 Å². The molecule has 2 amide bonds. The Morgan fingerprint density at radius 1 is 1.20 bits per heavy atom. The standard InChI is InChI=1S/C23H27BrN4O6S/c1-35(31,32)28(21-7-3-2-6-20(21)24)15-22(29)27-26-13-17-8-10-18(11-9-17)34-16-23(30)25-14-19-5-4-12-33-19/h2-3,6-11,13,19H,4-5,12,14-16H2,1H3,(H,25,30)(H,27,29). The van der Waals surface area contributed by atoms with Gasteiger partial charge in [0.2, 0.25) is 10.0 Å². The lowest BCUT2D eigenvalue weighted by atomic mass is 10.2. The summed E-state index contributed by atoms with van der Waals surface area (Å²) in [6.45, 7) is 0.681. The largest absolute Gasteiger partial charge is 0.484 e. The van der Waals surface area contributed by atoms with Crippen LogP contribution in [-0.2, 0) is 24.3 Å². The number of anilines is 1. The Kier molecular flexibility index (Phi) is 9.64. The molecular weight excluding hydrogens is 540 g/mol. The number of rotatable bonds is 11. The van der Waals surface area contributed by atoms with Crippen LogP contribution in [0.25, 0.3) is 0 Å². The van der Waals surface area contributed by atoms with Crippen molar-refractivity contribution in [3.8, 4) is 5.75 Å². The second kappa shape index (κ2) is 12.7. The predicted octanol–water partition coefficient (Wildman–Crippen LogP) is 2.04. The second-order valence-corrected chi connectivity index (χ2v) is 10.6. The van der Waals surface area contributed by atoms with Gasteiger partial charge in [0.15, 0.2) is 6.61 Å². The second-order valence-electron chi connectivity index (χ2n) is 7.81. The van der Waals surface area contributed by atoms with Crippen molar-refractivity contribution < 1.29 is 27.5 Å². The lowest BCUT2D eigenvalue weighted by molar-refractivity contribution is -0.123. The van der Waals surface area contributed by atoms with E-state index in [2.05, 4.69) is 31.8 Å². The molecule has 0 radical (unpaired) electrons. The van der Waals surface area contributed by atoms with Gasteiger partial charge in [-0.25, -0.2) is 13.8 Å². The first-order chi connectivity index (χ1) is 16.7. The Balaban J connectivity index is 1.46. The Labute approximate surface area is 212 Å². The van der Waals surface area contributed by atoms with Crippen LogP contribution in [0, 0.1) is 0 Å². The van der Waals surface area contributed by atoms with Crippen molar-refractivity contribution in [1.82, 2.24) is 10.7 Å². The lowest BCUT2D eigenvalue weighted by Gasteiger charge is -2.22. The molecule has 0 spiro atoms. The van der Waals surface area contributed by atoms with E-state index in [1.54, 1.807) is 48.5 Å². The van der Waals surface area contributed by atoms with Gasteiger partial charge in [-0.2, -0.15) is 5.10 Å². The molecule has 1 saturated heterocycles. The molecule has 1 aliphatic heterocycles. The maximum Gasteiger partial charge on any atom is 0.260 e. The predicted molar refractivity (Wildman–Crippen MR) is 136 cm³/mol. The molecule has 0 aliphatic carbocycles. The van der Waals surface area contributed by atoms with E-state index >= 15 is 0 Å². The Morgan fingerprint density at radius 2 is 1.94 bits per heavy atom. The Bertz CT molecular complexity index is 1150. The van der Waals surface area contributed by atoms with Crippen molar-refractivity contribution in [2.75, 3.05) is 36.9 Å². The maximum atomic E-state index is 12.3. The molecule has 2 N–H and O–H groups in total. The van der Waals surface area contributed by atoms with E-state index in [0.717, 1.165) is 30.0 Å². The highest BCUT2D eigenvalue weighted by Crippen LogP contribution is 2.27. The molecule has 10 nitrogen and oxygen atoms in total. The lowest BCUT2D eigenvalue weighted by Crippen LogP contribution is -2.39. The third-order valence-electron chi connectivity index (χ3n) is 5.01. The molecule has 1 atom stereocenters. The maximum absolute atomic E-state index is 12.3. The van der Waals surface area contributed by atoms with Gasteiger partial charge in [-0.1, -0.05) is 12.1 Å². The summed E-state index contributed by atoms with van der Waals surface area (Å²) in [4.78, 5) is 24.2. The fourth-order valence-electron chi connectivity index (χ4n) is 3.26. The number of carbonyl (C=O) groups is 2. The summed E-state index contributed by atoms with van der Waals surface area (Å²) in [6, 6.07) is 13.5. The number of hydrogen-bond acceptors (Lipinski definition) is 7. The summed E-state index contributed by atoms with van der Waals surface area (Å²) in [5, 5.41) is 6.67. The highest BCUT2D eigenvalue weighted by Gasteiger charge is 2.22. The Hall–Kier alpha value is -2.96. The number of halogens is 1. The van der Waals surface area contributed by atoms with E-state index in [0.29, 0.717) is 28.0 Å². The Morgan fingerprint density at radius 3 is 2.60 bits per heavy atom. The highest BCUT2D eigenvalue weighted by atomic mass is 79.9. The molecule has 1 heterocycles. The molecule has 0 saturated carbocycles. The summed E-state index contributed by atoms with van der Waals surface area (Å²) in [6.07, 6.45) is 4.49. The monoisotopic (exact) mass is 566 g/mol. The van der Waals surface area contributed by atoms with Crippen LogP contribution in [0.1, 0.15) is 18.4 Å². The number of hydrazone groups is 1. The van der Waals surface area contributed by atoms with Gasteiger partial charge in [-0.15, -0.1) is 0 Å². The number of carbonyl (C=O) groups excluding carboxylic acids is 2. The molecule has 1 aliphatic rings. The van der Waals surface area contributed by atoms with Crippen LogP contribution < -0.4 is 19.8 Å². The third kappa shape index (κ3) is 8.64. The van der Waals surface area contributed by atoms with Crippen molar-refractivity contribution >= 4 is 49.7 Å². The summed E-state index contributed by atoms with van der Waals surface area (Å²) in [5.41, 5.74) is 3.35. The highest BCUT2D eigenvalue weighted by molar-refractivity contribution is 9.10. The van der Waals surface area contributed by atoms with E-state index < -0.39 is 22.5 Å². The van der Waals surface area contributed by atoms with E-state index in [9.17, 15) is 18.0 Å². The van der Waals surface area contributed by atoms with E-state index in [4.69, 9.17) is 9.47 Å². The number of para-hydroxylation sites is 1. The molecule has 2 aromatic rings.